The van der Waals surface area contributed by atoms with E-state index in [1.54, 1.807) is 22.9 Å². The van der Waals surface area contributed by atoms with Gasteiger partial charge < -0.3 is 10.1 Å². The number of nitrogens with one attached hydrogen (secondary N) is 1. The minimum atomic E-state index is -0.369. The fraction of sp³-hybridized carbons (Fsp3) is 0.308. The number of halogens is 2. The van der Waals surface area contributed by atoms with Crippen molar-refractivity contribution in [2.75, 3.05) is 11.9 Å². The number of amides is 1. The van der Waals surface area contributed by atoms with E-state index in [4.69, 9.17) is 27.9 Å². The molecule has 0 aliphatic carbocycles. The van der Waals surface area contributed by atoms with Crippen LogP contribution in [0.15, 0.2) is 24.7 Å². The molecule has 3 rings (SSSR count). The molecule has 2 aromatic rings. The number of hydrogen-bond donors (Lipinski definition) is 1. The van der Waals surface area contributed by atoms with Gasteiger partial charge in [-0.25, -0.2) is 9.97 Å². The Labute approximate surface area is 131 Å². The predicted octanol–water partition coefficient (Wildman–Crippen LogP) is 2.69. The molecular weight excluding hydrogens is 315 g/mol. The molecule has 1 aliphatic rings. The molecule has 0 bridgehead atoms. The number of pyridine rings is 1. The summed E-state index contributed by atoms with van der Waals surface area (Å²) < 4.78 is 6.87. The maximum Gasteiger partial charge on any atom is 0.253 e. The van der Waals surface area contributed by atoms with Gasteiger partial charge in [0, 0.05) is 6.61 Å². The second-order valence-corrected chi connectivity index (χ2v) is 5.31. The van der Waals surface area contributed by atoms with E-state index in [2.05, 4.69) is 15.3 Å². The first-order valence-electron chi connectivity index (χ1n) is 6.42. The lowest BCUT2D eigenvalue weighted by molar-refractivity contribution is -0.124. The summed E-state index contributed by atoms with van der Waals surface area (Å²) in [7, 11) is 0. The minimum Gasteiger partial charge on any atom is -0.368 e. The summed E-state index contributed by atoms with van der Waals surface area (Å²) in [6.07, 6.45) is 4.33. The number of hydrogen-bond acceptors (Lipinski definition) is 4. The standard InChI is InChI=1S/C13H12Cl2N4O2/c14-11-12(15)19(7-17-11)10-4-3-8(6-16-10)18-13(20)9-2-1-5-21-9/h3-4,6-7,9H,1-2,5H2,(H,18,20). The van der Waals surface area contributed by atoms with Gasteiger partial charge in [0.2, 0.25) is 0 Å². The normalized spacial score (nSPS) is 17.9. The SMILES string of the molecule is O=C(Nc1ccc(-n2cnc(Cl)c2Cl)nc1)C1CCCO1. The second-order valence-electron chi connectivity index (χ2n) is 4.59. The van der Waals surface area contributed by atoms with Crippen molar-refractivity contribution in [3.8, 4) is 5.82 Å². The van der Waals surface area contributed by atoms with Crippen LogP contribution in [0, 0.1) is 0 Å². The maximum absolute atomic E-state index is 11.9. The van der Waals surface area contributed by atoms with Crippen LogP contribution in [0.2, 0.25) is 10.3 Å². The molecule has 0 saturated carbocycles. The molecule has 1 amide bonds. The largest absolute Gasteiger partial charge is 0.368 e. The van der Waals surface area contributed by atoms with Gasteiger partial charge in [-0.15, -0.1) is 0 Å². The van der Waals surface area contributed by atoms with E-state index in [1.165, 1.54) is 6.33 Å². The van der Waals surface area contributed by atoms with Crippen molar-refractivity contribution in [3.05, 3.63) is 35.0 Å². The van der Waals surface area contributed by atoms with Gasteiger partial charge in [-0.05, 0) is 25.0 Å². The van der Waals surface area contributed by atoms with Crippen molar-refractivity contribution in [3.63, 3.8) is 0 Å². The lowest BCUT2D eigenvalue weighted by Crippen LogP contribution is -2.26. The lowest BCUT2D eigenvalue weighted by Gasteiger charge is -2.10. The monoisotopic (exact) mass is 326 g/mol. The Kier molecular flexibility index (Phi) is 4.10. The van der Waals surface area contributed by atoms with Crippen molar-refractivity contribution >= 4 is 34.8 Å². The predicted molar refractivity (Wildman–Crippen MR) is 79.0 cm³/mol. The number of nitrogens with zero attached hydrogens (tertiary/aromatic N) is 3. The minimum absolute atomic E-state index is 0.147. The number of carbonyl (C=O) groups excluding carboxylic acids is 1. The molecule has 0 spiro atoms. The number of imidazole rings is 1. The van der Waals surface area contributed by atoms with Gasteiger partial charge in [-0.2, -0.15) is 0 Å². The van der Waals surface area contributed by atoms with Crippen LogP contribution >= 0.6 is 23.2 Å². The van der Waals surface area contributed by atoms with Gasteiger partial charge in [-0.1, -0.05) is 23.2 Å². The third-order valence-corrected chi connectivity index (χ3v) is 3.89. The Morgan fingerprint density at radius 2 is 2.24 bits per heavy atom. The Hall–Kier alpha value is -1.63. The first-order chi connectivity index (χ1) is 10.1. The quantitative estimate of drug-likeness (QED) is 0.941. The summed E-state index contributed by atoms with van der Waals surface area (Å²) >= 11 is 11.8. The fourth-order valence-electron chi connectivity index (χ4n) is 2.08. The number of rotatable bonds is 3. The zero-order chi connectivity index (χ0) is 14.8. The number of ether oxygens (including phenoxy) is 1. The summed E-state index contributed by atoms with van der Waals surface area (Å²) in [5.41, 5.74) is 0.599. The molecular formula is C13H12Cl2N4O2. The van der Waals surface area contributed by atoms with Crippen LogP contribution in [0.4, 0.5) is 5.69 Å². The van der Waals surface area contributed by atoms with Gasteiger partial charge in [0.25, 0.3) is 5.91 Å². The van der Waals surface area contributed by atoms with E-state index in [1.807, 2.05) is 0 Å². The number of aromatic nitrogens is 3. The smallest absolute Gasteiger partial charge is 0.253 e. The topological polar surface area (TPSA) is 69.0 Å². The van der Waals surface area contributed by atoms with Gasteiger partial charge >= 0.3 is 0 Å². The van der Waals surface area contributed by atoms with Crippen LogP contribution in [-0.4, -0.2) is 33.2 Å². The molecule has 1 saturated heterocycles. The Balaban J connectivity index is 1.72. The maximum atomic E-state index is 11.9. The van der Waals surface area contributed by atoms with Crippen molar-refractivity contribution < 1.29 is 9.53 Å². The summed E-state index contributed by atoms with van der Waals surface area (Å²) in [6.45, 7) is 0.634. The third kappa shape index (κ3) is 3.02. The van der Waals surface area contributed by atoms with Crippen LogP contribution in [0.5, 0.6) is 0 Å². The average molecular weight is 327 g/mol. The van der Waals surface area contributed by atoms with Crippen LogP contribution in [0.1, 0.15) is 12.8 Å². The molecule has 1 N–H and O–H groups in total. The zero-order valence-electron chi connectivity index (χ0n) is 10.9. The fourth-order valence-corrected chi connectivity index (χ4v) is 2.39. The summed E-state index contributed by atoms with van der Waals surface area (Å²) in [5.74, 6) is 0.417. The molecule has 8 heteroatoms. The highest BCUT2D eigenvalue weighted by Crippen LogP contribution is 2.23. The molecule has 110 valence electrons. The Morgan fingerprint density at radius 1 is 1.38 bits per heavy atom. The Bertz CT molecular complexity index is 651. The van der Waals surface area contributed by atoms with E-state index >= 15 is 0 Å². The summed E-state index contributed by atoms with van der Waals surface area (Å²) in [6, 6.07) is 3.45. The van der Waals surface area contributed by atoms with E-state index in [-0.39, 0.29) is 17.2 Å². The first kappa shape index (κ1) is 14.3. The molecule has 1 unspecified atom stereocenters. The van der Waals surface area contributed by atoms with Gasteiger partial charge in [0.15, 0.2) is 10.3 Å². The number of anilines is 1. The van der Waals surface area contributed by atoms with Crippen LogP contribution in [0.25, 0.3) is 5.82 Å². The van der Waals surface area contributed by atoms with Gasteiger partial charge in [-0.3, -0.25) is 9.36 Å². The molecule has 1 fully saturated rings. The van der Waals surface area contributed by atoms with Crippen molar-refractivity contribution in [2.24, 2.45) is 0 Å². The molecule has 1 aliphatic heterocycles. The second kappa shape index (κ2) is 6.01. The molecule has 3 heterocycles. The highest BCUT2D eigenvalue weighted by Gasteiger charge is 2.23. The molecule has 6 nitrogen and oxygen atoms in total. The van der Waals surface area contributed by atoms with Crippen LogP contribution in [0.3, 0.4) is 0 Å². The van der Waals surface area contributed by atoms with Crippen LogP contribution < -0.4 is 5.32 Å². The third-order valence-electron chi connectivity index (χ3n) is 3.15. The van der Waals surface area contributed by atoms with Gasteiger partial charge in [0.1, 0.15) is 18.2 Å². The van der Waals surface area contributed by atoms with E-state index in [0.29, 0.717) is 23.3 Å². The molecule has 0 radical (unpaired) electrons. The summed E-state index contributed by atoms with van der Waals surface area (Å²) in [5, 5.41) is 3.28. The van der Waals surface area contributed by atoms with E-state index < -0.39 is 0 Å². The first-order valence-corrected chi connectivity index (χ1v) is 7.18. The van der Waals surface area contributed by atoms with Crippen molar-refractivity contribution in [2.45, 2.75) is 18.9 Å². The Morgan fingerprint density at radius 3 is 2.81 bits per heavy atom. The molecule has 1 atom stereocenters. The number of carbonyl (C=O) groups is 1. The van der Waals surface area contributed by atoms with Gasteiger partial charge in [0.05, 0.1) is 11.9 Å². The molecule has 21 heavy (non-hydrogen) atoms. The molecule has 0 aromatic carbocycles. The summed E-state index contributed by atoms with van der Waals surface area (Å²) in [4.78, 5) is 20.0. The lowest BCUT2D eigenvalue weighted by atomic mass is 10.2. The highest BCUT2D eigenvalue weighted by atomic mass is 35.5. The van der Waals surface area contributed by atoms with E-state index in [9.17, 15) is 4.79 Å². The highest BCUT2D eigenvalue weighted by molar-refractivity contribution is 6.40. The average Bonchev–Trinajstić information content (AvgIpc) is 3.12. The van der Waals surface area contributed by atoms with Crippen molar-refractivity contribution in [1.29, 1.82) is 0 Å². The zero-order valence-corrected chi connectivity index (χ0v) is 12.4. The van der Waals surface area contributed by atoms with E-state index in [0.717, 1.165) is 12.8 Å². The van der Waals surface area contributed by atoms with Crippen molar-refractivity contribution in [1.82, 2.24) is 14.5 Å². The van der Waals surface area contributed by atoms with Crippen LogP contribution in [-0.2, 0) is 9.53 Å². The molecule has 2 aromatic heterocycles.